The Morgan fingerprint density at radius 2 is 2.50 bits per heavy atom. The molecule has 1 aliphatic rings. The first-order valence-corrected chi connectivity index (χ1v) is 3.37. The zero-order valence-electron chi connectivity index (χ0n) is 5.92. The molecule has 0 amide bonds. The molecule has 0 aromatic carbocycles. The summed E-state index contributed by atoms with van der Waals surface area (Å²) in [5, 5.41) is 14.5. The highest BCUT2D eigenvalue weighted by Gasteiger charge is 2.27. The normalized spacial score (nSPS) is 32.5. The quantitative estimate of drug-likeness (QED) is 0.466. The Balaban J connectivity index is 2.35. The van der Waals surface area contributed by atoms with Crippen LogP contribution < -0.4 is 10.6 Å². The zero-order chi connectivity index (χ0) is 7.56. The highest BCUT2D eigenvalue weighted by molar-refractivity contribution is 5.73. The van der Waals surface area contributed by atoms with Gasteiger partial charge < -0.3 is 15.7 Å². The van der Waals surface area contributed by atoms with Crippen LogP contribution in [0, 0.1) is 0 Å². The second-order valence-corrected chi connectivity index (χ2v) is 2.52. The predicted molar refractivity (Wildman–Crippen MR) is 36.9 cm³/mol. The Bertz CT molecular complexity index is 138. The van der Waals surface area contributed by atoms with Gasteiger partial charge in [0.25, 0.3) is 0 Å². The minimum absolute atomic E-state index is 0.320. The van der Waals surface area contributed by atoms with Crippen molar-refractivity contribution in [3.8, 4) is 0 Å². The molecule has 1 rings (SSSR count). The van der Waals surface area contributed by atoms with Gasteiger partial charge in [-0.05, 0) is 13.5 Å². The van der Waals surface area contributed by atoms with Crippen LogP contribution in [0.3, 0.4) is 0 Å². The largest absolute Gasteiger partial charge is 0.480 e. The first-order valence-electron chi connectivity index (χ1n) is 3.37. The molecule has 4 nitrogen and oxygen atoms in total. The van der Waals surface area contributed by atoms with E-state index in [2.05, 4.69) is 10.6 Å². The molecule has 4 heteroatoms. The average Bonchev–Trinajstić information content (AvgIpc) is 2.34. The molecule has 1 fully saturated rings. The van der Waals surface area contributed by atoms with Crippen LogP contribution in [-0.2, 0) is 4.79 Å². The Morgan fingerprint density at radius 1 is 1.80 bits per heavy atom. The van der Waals surface area contributed by atoms with Gasteiger partial charge in [-0.1, -0.05) is 0 Å². The van der Waals surface area contributed by atoms with Crippen molar-refractivity contribution < 1.29 is 9.90 Å². The van der Waals surface area contributed by atoms with E-state index in [0.717, 1.165) is 6.54 Å². The summed E-state index contributed by atoms with van der Waals surface area (Å²) in [6.45, 7) is 0.757. The highest BCUT2D eigenvalue weighted by Crippen LogP contribution is 2.05. The van der Waals surface area contributed by atoms with Gasteiger partial charge in [0.1, 0.15) is 6.04 Å². The summed E-state index contributed by atoms with van der Waals surface area (Å²) in [7, 11) is 1.84. The summed E-state index contributed by atoms with van der Waals surface area (Å²) in [4.78, 5) is 10.4. The van der Waals surface area contributed by atoms with Gasteiger partial charge in [0, 0.05) is 12.6 Å². The summed E-state index contributed by atoms with van der Waals surface area (Å²) in [6, 6.07) is -0.0291. The lowest BCUT2D eigenvalue weighted by Crippen LogP contribution is -2.30. The maximum atomic E-state index is 10.4. The summed E-state index contributed by atoms with van der Waals surface area (Å²) >= 11 is 0. The van der Waals surface area contributed by atoms with E-state index in [1.807, 2.05) is 7.05 Å². The highest BCUT2D eigenvalue weighted by atomic mass is 16.4. The van der Waals surface area contributed by atoms with E-state index in [9.17, 15) is 4.79 Å². The Morgan fingerprint density at radius 3 is 2.80 bits per heavy atom. The Hall–Kier alpha value is -0.610. The van der Waals surface area contributed by atoms with Gasteiger partial charge in [0.15, 0.2) is 0 Å². The first kappa shape index (κ1) is 7.50. The fourth-order valence-corrected chi connectivity index (χ4v) is 1.14. The van der Waals surface area contributed by atoms with Crippen molar-refractivity contribution in [3.63, 3.8) is 0 Å². The van der Waals surface area contributed by atoms with E-state index in [1.54, 1.807) is 0 Å². The lowest BCUT2D eigenvalue weighted by atomic mass is 10.2. The summed E-state index contributed by atoms with van der Waals surface area (Å²) in [5.41, 5.74) is 0. The molecule has 0 radical (unpaired) electrons. The van der Waals surface area contributed by atoms with E-state index in [1.165, 1.54) is 0 Å². The van der Waals surface area contributed by atoms with Crippen molar-refractivity contribution in [3.05, 3.63) is 0 Å². The Kier molecular flexibility index (Phi) is 2.24. The number of hydrogen-bond donors (Lipinski definition) is 3. The maximum absolute atomic E-state index is 10.4. The summed E-state index contributed by atoms with van der Waals surface area (Å²) < 4.78 is 0. The molecule has 1 saturated heterocycles. The van der Waals surface area contributed by atoms with E-state index in [4.69, 9.17) is 5.11 Å². The first-order chi connectivity index (χ1) is 4.74. The number of carboxylic acid groups (broad SMARTS) is 1. The van der Waals surface area contributed by atoms with E-state index >= 15 is 0 Å². The number of carbonyl (C=O) groups is 1. The smallest absolute Gasteiger partial charge is 0.320 e. The fourth-order valence-electron chi connectivity index (χ4n) is 1.14. The van der Waals surface area contributed by atoms with Crippen LogP contribution in [0.1, 0.15) is 6.42 Å². The summed E-state index contributed by atoms with van der Waals surface area (Å²) in [5.74, 6) is -0.752. The topological polar surface area (TPSA) is 61.4 Å². The molecule has 0 aromatic heterocycles. The molecular formula is C6H12N2O2. The van der Waals surface area contributed by atoms with Crippen LogP contribution in [0.2, 0.25) is 0 Å². The third kappa shape index (κ3) is 1.46. The predicted octanol–water partition coefficient (Wildman–Crippen LogP) is -0.979. The van der Waals surface area contributed by atoms with Gasteiger partial charge in [-0.3, -0.25) is 4.79 Å². The van der Waals surface area contributed by atoms with Crippen LogP contribution in [0.25, 0.3) is 0 Å². The molecule has 0 aliphatic carbocycles. The molecule has 58 valence electrons. The SMILES string of the molecule is CNC1CN[C@H](C(=O)O)C1. The van der Waals surface area contributed by atoms with Crippen LogP contribution >= 0.6 is 0 Å². The lowest BCUT2D eigenvalue weighted by Gasteiger charge is -2.04. The van der Waals surface area contributed by atoms with Gasteiger partial charge >= 0.3 is 5.97 Å². The van der Waals surface area contributed by atoms with Gasteiger partial charge in [0.05, 0.1) is 0 Å². The number of rotatable bonds is 2. The van der Waals surface area contributed by atoms with Crippen LogP contribution in [0.15, 0.2) is 0 Å². The van der Waals surface area contributed by atoms with Crippen molar-refractivity contribution in [2.45, 2.75) is 18.5 Å². The number of aliphatic carboxylic acids is 1. The van der Waals surface area contributed by atoms with Crippen molar-refractivity contribution in [2.75, 3.05) is 13.6 Å². The standard InChI is InChI=1S/C6H12N2O2/c1-7-4-2-5(6(9)10)8-3-4/h4-5,7-8H,2-3H2,1H3,(H,9,10)/t4?,5-/m0/s1. The van der Waals surface area contributed by atoms with Crippen LogP contribution in [0.5, 0.6) is 0 Å². The van der Waals surface area contributed by atoms with Crippen molar-refractivity contribution in [1.82, 2.24) is 10.6 Å². The van der Waals surface area contributed by atoms with Crippen LogP contribution in [-0.4, -0.2) is 36.8 Å². The van der Waals surface area contributed by atoms with E-state index in [0.29, 0.717) is 12.5 Å². The molecule has 10 heavy (non-hydrogen) atoms. The number of nitrogens with one attached hydrogen (secondary N) is 2. The van der Waals surface area contributed by atoms with E-state index < -0.39 is 5.97 Å². The molecule has 0 aromatic rings. The minimum Gasteiger partial charge on any atom is -0.480 e. The second kappa shape index (κ2) is 2.98. The van der Waals surface area contributed by atoms with Crippen LogP contribution in [0.4, 0.5) is 0 Å². The molecule has 1 aliphatic heterocycles. The number of likely N-dealkylation sites (N-methyl/N-ethyl adjacent to an activating group) is 1. The molecule has 1 unspecified atom stereocenters. The third-order valence-corrected chi connectivity index (χ3v) is 1.84. The maximum Gasteiger partial charge on any atom is 0.320 e. The van der Waals surface area contributed by atoms with Gasteiger partial charge in [-0.25, -0.2) is 0 Å². The minimum atomic E-state index is -0.752. The fraction of sp³-hybridized carbons (Fsp3) is 0.833. The molecule has 1 heterocycles. The second-order valence-electron chi connectivity index (χ2n) is 2.52. The van der Waals surface area contributed by atoms with Crippen molar-refractivity contribution in [1.29, 1.82) is 0 Å². The molecule has 2 atom stereocenters. The molecule has 3 N–H and O–H groups in total. The lowest BCUT2D eigenvalue weighted by molar-refractivity contribution is -0.139. The van der Waals surface area contributed by atoms with Gasteiger partial charge in [-0.15, -0.1) is 0 Å². The van der Waals surface area contributed by atoms with E-state index in [-0.39, 0.29) is 6.04 Å². The number of hydrogen-bond acceptors (Lipinski definition) is 3. The number of carboxylic acids is 1. The van der Waals surface area contributed by atoms with Crippen molar-refractivity contribution in [2.24, 2.45) is 0 Å². The zero-order valence-corrected chi connectivity index (χ0v) is 5.92. The van der Waals surface area contributed by atoms with Gasteiger partial charge in [-0.2, -0.15) is 0 Å². The van der Waals surface area contributed by atoms with Crippen molar-refractivity contribution >= 4 is 5.97 Å². The molecular weight excluding hydrogens is 132 g/mol. The molecule has 0 bridgehead atoms. The third-order valence-electron chi connectivity index (χ3n) is 1.84. The summed E-state index contributed by atoms with van der Waals surface area (Å²) in [6.07, 6.45) is 0.686. The molecule has 0 saturated carbocycles. The Labute approximate surface area is 59.6 Å². The molecule has 0 spiro atoms. The van der Waals surface area contributed by atoms with Gasteiger partial charge in [0.2, 0.25) is 0 Å². The monoisotopic (exact) mass is 144 g/mol. The average molecular weight is 144 g/mol.